The van der Waals surface area contributed by atoms with Crippen molar-refractivity contribution in [3.8, 4) is 0 Å². The first-order valence-corrected chi connectivity index (χ1v) is 21.9. The fourth-order valence-corrected chi connectivity index (χ4v) is 6.90. The molecule has 310 valence electrons. The summed E-state index contributed by atoms with van der Waals surface area (Å²) in [6.45, 7) is 6.95. The van der Waals surface area contributed by atoms with Crippen LogP contribution in [0.1, 0.15) is 194 Å². The van der Waals surface area contributed by atoms with Gasteiger partial charge in [-0.3, -0.25) is 19.2 Å². The van der Waals surface area contributed by atoms with Crippen LogP contribution in [0, 0.1) is 0 Å². The molecule has 10 heteroatoms. The van der Waals surface area contributed by atoms with Gasteiger partial charge in [0, 0.05) is 45.9 Å². The van der Waals surface area contributed by atoms with Crippen LogP contribution >= 0.6 is 0 Å². The fraction of sp³-hybridized carbons (Fsp3) is 0.907. The Labute approximate surface area is 323 Å². The van der Waals surface area contributed by atoms with E-state index in [1.807, 2.05) is 0 Å². The van der Waals surface area contributed by atoms with Crippen molar-refractivity contribution >= 4 is 23.8 Å². The van der Waals surface area contributed by atoms with E-state index in [2.05, 4.69) is 19.2 Å². The molecule has 0 bridgehead atoms. The maximum absolute atomic E-state index is 13.4. The lowest BCUT2D eigenvalue weighted by Crippen LogP contribution is -2.39. The van der Waals surface area contributed by atoms with Gasteiger partial charge in [0.1, 0.15) is 12.7 Å². The summed E-state index contributed by atoms with van der Waals surface area (Å²) in [7, 11) is 1.62. The molecule has 1 aliphatic rings. The topological polar surface area (TPSA) is 120 Å². The number of rotatable bonds is 37. The summed E-state index contributed by atoms with van der Waals surface area (Å²) in [4.78, 5) is 52.6. The molecule has 1 heterocycles. The van der Waals surface area contributed by atoms with Gasteiger partial charge in [-0.05, 0) is 19.3 Å². The molecule has 2 amide bonds. The van der Waals surface area contributed by atoms with Crippen LogP contribution in [0.25, 0.3) is 0 Å². The average Bonchev–Trinajstić information content (AvgIpc) is 3.56. The Kier molecular flexibility index (Phi) is 32.7. The van der Waals surface area contributed by atoms with Gasteiger partial charge in [0.2, 0.25) is 11.8 Å². The summed E-state index contributed by atoms with van der Waals surface area (Å²) in [6.07, 6.45) is 28.3. The monoisotopic (exact) mass is 753 g/mol. The molecule has 10 nitrogen and oxygen atoms in total. The van der Waals surface area contributed by atoms with Crippen LogP contribution in [0.4, 0.5) is 0 Å². The zero-order valence-electron chi connectivity index (χ0n) is 34.4. The molecule has 53 heavy (non-hydrogen) atoms. The fourth-order valence-electron chi connectivity index (χ4n) is 6.90. The largest absolute Gasteiger partial charge is 0.463 e. The second kappa shape index (κ2) is 35.5. The first-order valence-electron chi connectivity index (χ1n) is 21.9. The number of nitrogens with zero attached hydrogens (tertiary/aromatic N) is 1. The number of nitrogens with one attached hydrogen (secondary N) is 1. The number of carbonyl (C=O) groups is 4. The Morgan fingerprint density at radius 1 is 0.585 bits per heavy atom. The highest BCUT2D eigenvalue weighted by Gasteiger charge is 2.37. The van der Waals surface area contributed by atoms with E-state index in [1.165, 1.54) is 103 Å². The Bertz CT molecular complexity index is 917. The van der Waals surface area contributed by atoms with E-state index in [9.17, 15) is 19.2 Å². The van der Waals surface area contributed by atoms with Gasteiger partial charge in [-0.25, -0.2) is 0 Å². The van der Waals surface area contributed by atoms with Crippen LogP contribution in [0.5, 0.6) is 0 Å². The minimum atomic E-state index is -0.480. The molecular formula is C43H80N2O8. The normalized spacial score (nSPS) is 15.5. The third-order valence-corrected chi connectivity index (χ3v) is 10.2. The van der Waals surface area contributed by atoms with Crippen LogP contribution in [-0.4, -0.2) is 87.4 Å². The van der Waals surface area contributed by atoms with Crippen molar-refractivity contribution < 1.29 is 38.1 Å². The van der Waals surface area contributed by atoms with E-state index in [0.717, 1.165) is 38.5 Å². The second-order valence-corrected chi connectivity index (χ2v) is 15.1. The van der Waals surface area contributed by atoms with Gasteiger partial charge in [-0.1, -0.05) is 142 Å². The lowest BCUT2D eigenvalue weighted by atomic mass is 10.1. The number of hydrogen-bond acceptors (Lipinski definition) is 8. The second-order valence-electron chi connectivity index (χ2n) is 15.1. The van der Waals surface area contributed by atoms with E-state index in [-0.39, 0.29) is 43.3 Å². The smallest absolute Gasteiger partial charge is 0.306 e. The minimum absolute atomic E-state index is 0.0245. The van der Waals surface area contributed by atoms with Gasteiger partial charge in [-0.2, -0.15) is 0 Å². The molecule has 0 unspecified atom stereocenters. The summed E-state index contributed by atoms with van der Waals surface area (Å²) in [6, 6.07) is -0.316. The minimum Gasteiger partial charge on any atom is -0.463 e. The molecule has 0 aromatic carbocycles. The number of amides is 2. The average molecular weight is 753 g/mol. The van der Waals surface area contributed by atoms with Gasteiger partial charge >= 0.3 is 11.9 Å². The van der Waals surface area contributed by atoms with Crippen molar-refractivity contribution in [2.45, 2.75) is 206 Å². The molecule has 1 saturated heterocycles. The molecule has 1 N–H and O–H groups in total. The molecule has 0 aromatic heterocycles. The van der Waals surface area contributed by atoms with Gasteiger partial charge in [0.05, 0.1) is 32.2 Å². The lowest BCUT2D eigenvalue weighted by molar-refractivity contribution is -0.150. The molecule has 0 aliphatic carbocycles. The van der Waals surface area contributed by atoms with Crippen molar-refractivity contribution in [2.24, 2.45) is 0 Å². The zero-order valence-corrected chi connectivity index (χ0v) is 34.4. The van der Waals surface area contributed by atoms with Crippen molar-refractivity contribution in [1.29, 1.82) is 0 Å². The molecule has 1 fully saturated rings. The molecule has 0 spiro atoms. The van der Waals surface area contributed by atoms with Crippen molar-refractivity contribution in [3.63, 3.8) is 0 Å². The van der Waals surface area contributed by atoms with E-state index in [1.54, 1.807) is 12.0 Å². The highest BCUT2D eigenvalue weighted by atomic mass is 16.5. The summed E-state index contributed by atoms with van der Waals surface area (Å²) < 4.78 is 21.7. The Morgan fingerprint density at radius 3 is 1.66 bits per heavy atom. The first kappa shape index (κ1) is 48.8. The van der Waals surface area contributed by atoms with Crippen LogP contribution in [0.15, 0.2) is 0 Å². The van der Waals surface area contributed by atoms with Crippen molar-refractivity contribution in [1.82, 2.24) is 10.2 Å². The lowest BCUT2D eigenvalue weighted by Gasteiger charge is -2.24. The Hall–Kier alpha value is -2.20. The molecular weight excluding hydrogens is 672 g/mol. The van der Waals surface area contributed by atoms with Crippen LogP contribution < -0.4 is 5.32 Å². The SMILES string of the molecule is CCCCCCCCCCCCCC(=O)OC[C@@H]1C[C@@H](OC(=O)CCC(=O)NCCCOCCOC)CN1C(=O)CCCCCCCCCCCCC. The van der Waals surface area contributed by atoms with Gasteiger partial charge < -0.3 is 29.2 Å². The summed E-state index contributed by atoms with van der Waals surface area (Å²) >= 11 is 0. The number of methoxy groups -OCH3 is 1. The third kappa shape index (κ3) is 28.9. The Morgan fingerprint density at radius 2 is 1.11 bits per heavy atom. The molecule has 2 atom stereocenters. The van der Waals surface area contributed by atoms with E-state index in [4.69, 9.17) is 18.9 Å². The first-order chi connectivity index (χ1) is 25.9. The van der Waals surface area contributed by atoms with E-state index >= 15 is 0 Å². The zero-order chi connectivity index (χ0) is 38.6. The van der Waals surface area contributed by atoms with Crippen molar-refractivity contribution in [3.05, 3.63) is 0 Å². The molecule has 1 rings (SSSR count). The van der Waals surface area contributed by atoms with Gasteiger partial charge in [0.15, 0.2) is 0 Å². The number of esters is 2. The van der Waals surface area contributed by atoms with Gasteiger partial charge in [0.25, 0.3) is 0 Å². The molecule has 0 saturated carbocycles. The quantitative estimate of drug-likeness (QED) is 0.0493. The number of hydrogen-bond donors (Lipinski definition) is 1. The predicted octanol–water partition coefficient (Wildman–Crippen LogP) is 9.39. The predicted molar refractivity (Wildman–Crippen MR) is 213 cm³/mol. The summed E-state index contributed by atoms with van der Waals surface area (Å²) in [5, 5.41) is 2.80. The number of likely N-dealkylation sites (tertiary alicyclic amines) is 1. The summed E-state index contributed by atoms with van der Waals surface area (Å²) in [5.74, 6) is -0.875. The Balaban J connectivity index is 2.43. The summed E-state index contributed by atoms with van der Waals surface area (Å²) in [5.41, 5.74) is 0. The number of unbranched alkanes of at least 4 members (excludes halogenated alkanes) is 20. The third-order valence-electron chi connectivity index (χ3n) is 10.2. The van der Waals surface area contributed by atoms with E-state index in [0.29, 0.717) is 58.6 Å². The molecule has 0 radical (unpaired) electrons. The highest BCUT2D eigenvalue weighted by molar-refractivity contribution is 5.81. The van der Waals surface area contributed by atoms with Gasteiger partial charge in [-0.15, -0.1) is 0 Å². The van der Waals surface area contributed by atoms with Crippen LogP contribution in [0.2, 0.25) is 0 Å². The maximum atomic E-state index is 13.4. The maximum Gasteiger partial charge on any atom is 0.306 e. The van der Waals surface area contributed by atoms with Crippen LogP contribution in [-0.2, 0) is 38.1 Å². The molecule has 0 aromatic rings. The number of ether oxygens (including phenoxy) is 4. The van der Waals surface area contributed by atoms with E-state index < -0.39 is 12.1 Å². The molecule has 1 aliphatic heterocycles. The number of carbonyl (C=O) groups excluding carboxylic acids is 4. The van der Waals surface area contributed by atoms with Crippen LogP contribution in [0.3, 0.4) is 0 Å². The highest BCUT2D eigenvalue weighted by Crippen LogP contribution is 2.24. The van der Waals surface area contributed by atoms with Crippen molar-refractivity contribution in [2.75, 3.05) is 46.6 Å². The standard InChI is InChI=1S/C43H80N2O8/c1-4-6-8-10-12-14-16-18-20-22-24-27-41(47)45-36-39(53-43(49)30-29-40(46)44-31-26-32-51-34-33-50-3)35-38(45)37-52-42(48)28-25-23-21-19-17-15-13-11-9-7-5-2/h38-39H,4-37H2,1-3H3,(H,44,46)/t38-,39+/m0/s1.